The standard InChI is InChI=1S/C11H19N3S/c1-12-11-5-4-10(8-13-11)9-15-7-6-14(2)3/h4-5,8H,6-7,9H2,1-3H3,(H,12,13). The summed E-state index contributed by atoms with van der Waals surface area (Å²) < 4.78 is 0. The van der Waals surface area contributed by atoms with Crippen LogP contribution in [-0.2, 0) is 5.75 Å². The summed E-state index contributed by atoms with van der Waals surface area (Å²) in [5.74, 6) is 3.14. The lowest BCUT2D eigenvalue weighted by atomic mass is 10.3. The van der Waals surface area contributed by atoms with Crippen LogP contribution in [0.1, 0.15) is 5.56 Å². The fourth-order valence-electron chi connectivity index (χ4n) is 1.09. The van der Waals surface area contributed by atoms with Crippen LogP contribution in [0.5, 0.6) is 0 Å². The van der Waals surface area contributed by atoms with E-state index >= 15 is 0 Å². The Balaban J connectivity index is 2.25. The molecule has 1 aromatic heterocycles. The highest BCUT2D eigenvalue weighted by Gasteiger charge is 1.96. The highest BCUT2D eigenvalue weighted by Crippen LogP contribution is 2.12. The van der Waals surface area contributed by atoms with E-state index in [1.165, 1.54) is 11.3 Å². The molecule has 0 saturated carbocycles. The van der Waals surface area contributed by atoms with Gasteiger partial charge >= 0.3 is 0 Å². The smallest absolute Gasteiger partial charge is 0.125 e. The predicted molar refractivity (Wildman–Crippen MR) is 68.5 cm³/mol. The number of hydrogen-bond donors (Lipinski definition) is 1. The van der Waals surface area contributed by atoms with Crippen molar-refractivity contribution in [3.8, 4) is 0 Å². The number of nitrogens with one attached hydrogen (secondary N) is 1. The number of pyridine rings is 1. The van der Waals surface area contributed by atoms with E-state index in [0.717, 1.165) is 18.1 Å². The van der Waals surface area contributed by atoms with Gasteiger partial charge in [-0.05, 0) is 25.7 Å². The molecule has 1 N–H and O–H groups in total. The van der Waals surface area contributed by atoms with Gasteiger partial charge in [0.25, 0.3) is 0 Å². The van der Waals surface area contributed by atoms with Crippen molar-refractivity contribution in [2.75, 3.05) is 38.8 Å². The van der Waals surface area contributed by atoms with Crippen LogP contribution in [-0.4, -0.2) is 43.3 Å². The molecule has 1 rings (SSSR count). The van der Waals surface area contributed by atoms with Crippen molar-refractivity contribution in [3.05, 3.63) is 23.9 Å². The second-order valence-corrected chi connectivity index (χ2v) is 4.76. The molecule has 0 radical (unpaired) electrons. The van der Waals surface area contributed by atoms with E-state index < -0.39 is 0 Å². The van der Waals surface area contributed by atoms with E-state index in [2.05, 4.69) is 35.4 Å². The molecule has 0 aliphatic carbocycles. The van der Waals surface area contributed by atoms with Crippen molar-refractivity contribution in [3.63, 3.8) is 0 Å². The third-order valence-electron chi connectivity index (χ3n) is 2.03. The van der Waals surface area contributed by atoms with Crippen molar-refractivity contribution in [2.45, 2.75) is 5.75 Å². The second-order valence-electron chi connectivity index (χ2n) is 3.66. The SMILES string of the molecule is CNc1ccc(CSCCN(C)C)cn1. The molecule has 0 atom stereocenters. The number of nitrogens with zero attached hydrogens (tertiary/aromatic N) is 2. The lowest BCUT2D eigenvalue weighted by molar-refractivity contribution is 0.437. The summed E-state index contributed by atoms with van der Waals surface area (Å²) in [5, 5.41) is 3.01. The van der Waals surface area contributed by atoms with Crippen molar-refractivity contribution in [1.29, 1.82) is 0 Å². The Morgan fingerprint density at radius 3 is 2.73 bits per heavy atom. The van der Waals surface area contributed by atoms with Gasteiger partial charge in [0.15, 0.2) is 0 Å². The van der Waals surface area contributed by atoms with E-state index in [9.17, 15) is 0 Å². The Labute approximate surface area is 96.3 Å². The molecule has 84 valence electrons. The zero-order chi connectivity index (χ0) is 11.1. The lowest BCUT2D eigenvalue weighted by Gasteiger charge is -2.08. The molecule has 0 unspecified atom stereocenters. The molecular formula is C11H19N3S. The van der Waals surface area contributed by atoms with Gasteiger partial charge in [-0.25, -0.2) is 4.98 Å². The normalized spacial score (nSPS) is 10.7. The summed E-state index contributed by atoms with van der Waals surface area (Å²) in [6, 6.07) is 4.14. The van der Waals surface area contributed by atoms with E-state index in [4.69, 9.17) is 0 Å². The van der Waals surface area contributed by atoms with E-state index in [1.807, 2.05) is 31.1 Å². The third-order valence-corrected chi connectivity index (χ3v) is 3.04. The maximum atomic E-state index is 4.28. The molecule has 0 amide bonds. The predicted octanol–water partition coefficient (Wildman–Crippen LogP) is 1.92. The molecule has 0 spiro atoms. The Kier molecular flexibility index (Phi) is 5.50. The first-order valence-electron chi connectivity index (χ1n) is 5.07. The minimum atomic E-state index is 0.928. The maximum absolute atomic E-state index is 4.28. The van der Waals surface area contributed by atoms with Gasteiger partial charge in [0.05, 0.1) is 0 Å². The molecule has 3 nitrogen and oxygen atoms in total. The summed E-state index contributed by atoms with van der Waals surface area (Å²) in [6.45, 7) is 1.13. The van der Waals surface area contributed by atoms with Gasteiger partial charge in [-0.2, -0.15) is 11.8 Å². The molecule has 0 fully saturated rings. The van der Waals surface area contributed by atoms with Crippen molar-refractivity contribution < 1.29 is 0 Å². The fourth-order valence-corrected chi connectivity index (χ4v) is 2.14. The molecule has 1 aromatic rings. The first-order valence-corrected chi connectivity index (χ1v) is 6.23. The number of hydrogen-bond acceptors (Lipinski definition) is 4. The van der Waals surface area contributed by atoms with Gasteiger partial charge in [0.1, 0.15) is 5.82 Å². The first-order chi connectivity index (χ1) is 7.22. The molecule has 15 heavy (non-hydrogen) atoms. The van der Waals surface area contributed by atoms with Crippen LogP contribution >= 0.6 is 11.8 Å². The number of anilines is 1. The zero-order valence-electron chi connectivity index (χ0n) is 9.66. The topological polar surface area (TPSA) is 28.2 Å². The summed E-state index contributed by atoms with van der Waals surface area (Å²) >= 11 is 1.95. The van der Waals surface area contributed by atoms with Crippen molar-refractivity contribution in [2.24, 2.45) is 0 Å². The molecule has 0 saturated heterocycles. The quantitative estimate of drug-likeness (QED) is 0.749. The Morgan fingerprint density at radius 2 is 2.20 bits per heavy atom. The Morgan fingerprint density at radius 1 is 1.40 bits per heavy atom. The molecular weight excluding hydrogens is 206 g/mol. The van der Waals surface area contributed by atoms with Gasteiger partial charge in [0.2, 0.25) is 0 Å². The van der Waals surface area contributed by atoms with Gasteiger partial charge in [-0.1, -0.05) is 6.07 Å². The second kappa shape index (κ2) is 6.69. The van der Waals surface area contributed by atoms with Gasteiger partial charge < -0.3 is 10.2 Å². The Bertz CT molecular complexity index is 272. The van der Waals surface area contributed by atoms with Crippen molar-refractivity contribution in [1.82, 2.24) is 9.88 Å². The van der Waals surface area contributed by atoms with Gasteiger partial charge in [-0.3, -0.25) is 0 Å². The van der Waals surface area contributed by atoms with Crippen LogP contribution in [0.4, 0.5) is 5.82 Å². The third kappa shape index (κ3) is 5.04. The maximum Gasteiger partial charge on any atom is 0.125 e. The molecule has 1 heterocycles. The molecule has 0 aromatic carbocycles. The summed E-state index contributed by atoms with van der Waals surface area (Å²) in [6.07, 6.45) is 1.94. The fraction of sp³-hybridized carbons (Fsp3) is 0.545. The lowest BCUT2D eigenvalue weighted by Crippen LogP contribution is -2.14. The van der Waals surface area contributed by atoms with Gasteiger partial charge in [0, 0.05) is 31.3 Å². The van der Waals surface area contributed by atoms with Crippen LogP contribution in [0.2, 0.25) is 0 Å². The van der Waals surface area contributed by atoms with Crippen LogP contribution < -0.4 is 5.32 Å². The largest absolute Gasteiger partial charge is 0.373 e. The highest BCUT2D eigenvalue weighted by molar-refractivity contribution is 7.98. The van der Waals surface area contributed by atoms with E-state index in [0.29, 0.717) is 0 Å². The minimum absolute atomic E-state index is 0.928. The molecule has 0 aliphatic heterocycles. The average Bonchev–Trinajstić information content (AvgIpc) is 2.25. The number of rotatable bonds is 6. The monoisotopic (exact) mass is 225 g/mol. The number of thioether (sulfide) groups is 1. The van der Waals surface area contributed by atoms with E-state index in [1.54, 1.807) is 0 Å². The van der Waals surface area contributed by atoms with Crippen LogP contribution in [0.3, 0.4) is 0 Å². The summed E-state index contributed by atoms with van der Waals surface area (Å²) in [5.41, 5.74) is 1.29. The first kappa shape index (κ1) is 12.3. The zero-order valence-corrected chi connectivity index (χ0v) is 10.5. The minimum Gasteiger partial charge on any atom is -0.373 e. The highest BCUT2D eigenvalue weighted by atomic mass is 32.2. The number of aromatic nitrogens is 1. The Hall–Kier alpha value is -0.740. The van der Waals surface area contributed by atoms with Crippen LogP contribution in [0.25, 0.3) is 0 Å². The van der Waals surface area contributed by atoms with E-state index in [-0.39, 0.29) is 0 Å². The molecule has 0 bridgehead atoms. The van der Waals surface area contributed by atoms with Gasteiger partial charge in [-0.15, -0.1) is 0 Å². The van der Waals surface area contributed by atoms with Crippen LogP contribution in [0, 0.1) is 0 Å². The van der Waals surface area contributed by atoms with Crippen LogP contribution in [0.15, 0.2) is 18.3 Å². The van der Waals surface area contributed by atoms with Crippen molar-refractivity contribution >= 4 is 17.6 Å². The molecule has 4 heteroatoms. The summed E-state index contributed by atoms with van der Waals surface area (Å²) in [7, 11) is 6.08. The average molecular weight is 225 g/mol. The summed E-state index contributed by atoms with van der Waals surface area (Å²) in [4.78, 5) is 6.48. The molecule has 0 aliphatic rings.